The zero-order valence-corrected chi connectivity index (χ0v) is 16.5. The van der Waals surface area contributed by atoms with Crippen molar-refractivity contribution >= 4 is 55.0 Å². The fourth-order valence-corrected chi connectivity index (χ4v) is 5.35. The topological polar surface area (TPSA) is 94.8 Å². The van der Waals surface area contributed by atoms with E-state index >= 15 is 0 Å². The number of furan rings is 1. The standard InChI is InChI=1S/C19H15NO6S2/c1-24-16-9-12-11-5-3-4-6-14(11)26-15(12)10-13(16)20-28(22,23)17-7-8-27-18(17)19(21)25-2/h3-10,20H,1-2H3. The molecule has 1 N–H and O–H groups in total. The van der Waals surface area contributed by atoms with Gasteiger partial charge in [0.1, 0.15) is 26.7 Å². The van der Waals surface area contributed by atoms with Gasteiger partial charge in [0.15, 0.2) is 0 Å². The van der Waals surface area contributed by atoms with E-state index in [9.17, 15) is 13.2 Å². The molecule has 9 heteroatoms. The van der Waals surface area contributed by atoms with Crippen molar-refractivity contribution in [3.8, 4) is 5.75 Å². The lowest BCUT2D eigenvalue weighted by Crippen LogP contribution is -2.16. The fourth-order valence-electron chi connectivity index (χ4n) is 2.95. The van der Waals surface area contributed by atoms with E-state index in [1.807, 2.05) is 24.3 Å². The maximum atomic E-state index is 12.9. The van der Waals surface area contributed by atoms with Crippen LogP contribution in [0.2, 0.25) is 0 Å². The van der Waals surface area contributed by atoms with Gasteiger partial charge in [-0.25, -0.2) is 13.2 Å². The smallest absolute Gasteiger partial charge is 0.349 e. The molecule has 2 heterocycles. The number of ether oxygens (including phenoxy) is 2. The van der Waals surface area contributed by atoms with E-state index in [-0.39, 0.29) is 15.5 Å². The maximum absolute atomic E-state index is 12.9. The van der Waals surface area contributed by atoms with Gasteiger partial charge in [-0.1, -0.05) is 18.2 Å². The second-order valence-corrected chi connectivity index (χ2v) is 8.42. The average Bonchev–Trinajstić information content (AvgIpc) is 3.31. The van der Waals surface area contributed by atoms with Crippen LogP contribution in [0.5, 0.6) is 5.75 Å². The number of benzene rings is 2. The van der Waals surface area contributed by atoms with Crippen molar-refractivity contribution in [2.45, 2.75) is 4.90 Å². The van der Waals surface area contributed by atoms with Gasteiger partial charge in [0.2, 0.25) is 0 Å². The Morgan fingerprint density at radius 3 is 2.61 bits per heavy atom. The first kappa shape index (κ1) is 18.3. The van der Waals surface area contributed by atoms with Crippen LogP contribution in [-0.2, 0) is 14.8 Å². The second-order valence-electron chi connectivity index (χ2n) is 5.86. The summed E-state index contributed by atoms with van der Waals surface area (Å²) in [7, 11) is -1.40. The normalized spacial score (nSPS) is 11.6. The Balaban J connectivity index is 1.82. The molecular formula is C19H15NO6S2. The third-order valence-electron chi connectivity index (χ3n) is 4.23. The lowest BCUT2D eigenvalue weighted by Gasteiger charge is -2.12. The van der Waals surface area contributed by atoms with E-state index in [4.69, 9.17) is 9.15 Å². The van der Waals surface area contributed by atoms with Crippen LogP contribution >= 0.6 is 11.3 Å². The molecule has 0 atom stereocenters. The Hall–Kier alpha value is -3.04. The Morgan fingerprint density at radius 2 is 1.86 bits per heavy atom. The first-order valence-electron chi connectivity index (χ1n) is 8.12. The summed E-state index contributed by atoms with van der Waals surface area (Å²) in [6, 6.07) is 12.1. The van der Waals surface area contributed by atoms with Crippen LogP contribution in [0.25, 0.3) is 21.9 Å². The number of anilines is 1. The molecule has 0 spiro atoms. The minimum atomic E-state index is -4.05. The van der Waals surface area contributed by atoms with Gasteiger partial charge in [-0.05, 0) is 23.6 Å². The molecule has 0 aliphatic heterocycles. The van der Waals surface area contributed by atoms with Crippen LogP contribution in [0.1, 0.15) is 9.67 Å². The molecule has 4 rings (SSSR count). The summed E-state index contributed by atoms with van der Waals surface area (Å²) in [6.45, 7) is 0. The highest BCUT2D eigenvalue weighted by molar-refractivity contribution is 7.93. The SMILES string of the molecule is COC(=O)c1sccc1S(=O)(=O)Nc1cc2oc3ccccc3c2cc1OC. The fraction of sp³-hybridized carbons (Fsp3) is 0.105. The largest absolute Gasteiger partial charge is 0.495 e. The number of methoxy groups -OCH3 is 2. The minimum absolute atomic E-state index is 0.00113. The molecule has 0 saturated heterocycles. The summed E-state index contributed by atoms with van der Waals surface area (Å²) in [5.74, 6) is -0.382. The number of esters is 1. The van der Waals surface area contributed by atoms with Crippen molar-refractivity contribution < 1.29 is 27.1 Å². The number of thiophene rings is 1. The molecular weight excluding hydrogens is 402 g/mol. The van der Waals surface area contributed by atoms with Gasteiger partial charge < -0.3 is 13.9 Å². The highest BCUT2D eigenvalue weighted by Gasteiger charge is 2.26. The van der Waals surface area contributed by atoms with Gasteiger partial charge in [0.25, 0.3) is 10.0 Å². The maximum Gasteiger partial charge on any atom is 0.349 e. The predicted molar refractivity (Wildman–Crippen MR) is 107 cm³/mol. The van der Waals surface area contributed by atoms with Crippen molar-refractivity contribution in [1.82, 2.24) is 0 Å². The molecule has 28 heavy (non-hydrogen) atoms. The Labute approximate surface area is 164 Å². The molecule has 0 bridgehead atoms. The number of carbonyl (C=O) groups is 1. The number of para-hydroxylation sites is 1. The summed E-state index contributed by atoms with van der Waals surface area (Å²) in [6.07, 6.45) is 0. The Morgan fingerprint density at radius 1 is 1.07 bits per heavy atom. The van der Waals surface area contributed by atoms with Crippen LogP contribution in [0.4, 0.5) is 5.69 Å². The van der Waals surface area contributed by atoms with Gasteiger partial charge in [-0.2, -0.15) is 0 Å². The molecule has 144 valence electrons. The summed E-state index contributed by atoms with van der Waals surface area (Å²) in [5.41, 5.74) is 1.40. The van der Waals surface area contributed by atoms with Crippen molar-refractivity contribution in [3.63, 3.8) is 0 Å². The van der Waals surface area contributed by atoms with E-state index < -0.39 is 16.0 Å². The molecule has 7 nitrogen and oxygen atoms in total. The average molecular weight is 417 g/mol. The molecule has 0 saturated carbocycles. The van der Waals surface area contributed by atoms with Gasteiger partial charge in [0.05, 0.1) is 19.9 Å². The zero-order valence-electron chi connectivity index (χ0n) is 14.9. The van der Waals surface area contributed by atoms with Crippen LogP contribution in [0.3, 0.4) is 0 Å². The van der Waals surface area contributed by atoms with Gasteiger partial charge >= 0.3 is 5.97 Å². The lowest BCUT2D eigenvalue weighted by atomic mass is 10.1. The molecule has 0 fully saturated rings. The lowest BCUT2D eigenvalue weighted by molar-refractivity contribution is 0.0602. The molecule has 0 amide bonds. The van der Waals surface area contributed by atoms with Gasteiger partial charge in [0, 0.05) is 16.8 Å². The van der Waals surface area contributed by atoms with E-state index in [1.54, 1.807) is 12.1 Å². The summed E-state index contributed by atoms with van der Waals surface area (Å²) >= 11 is 0.992. The highest BCUT2D eigenvalue weighted by atomic mass is 32.2. The van der Waals surface area contributed by atoms with Crippen LogP contribution in [-0.4, -0.2) is 28.6 Å². The first-order chi connectivity index (χ1) is 13.4. The number of hydrogen-bond donors (Lipinski definition) is 1. The van der Waals surface area contributed by atoms with Gasteiger partial charge in [-0.15, -0.1) is 11.3 Å². The second kappa shape index (κ2) is 6.84. The number of nitrogens with one attached hydrogen (secondary N) is 1. The molecule has 4 aromatic rings. The number of carbonyl (C=O) groups excluding carboxylic acids is 1. The molecule has 2 aromatic heterocycles. The molecule has 0 radical (unpaired) electrons. The Kier molecular flexibility index (Phi) is 4.48. The van der Waals surface area contributed by atoms with Gasteiger partial charge in [-0.3, -0.25) is 4.72 Å². The third-order valence-corrected chi connectivity index (χ3v) is 6.66. The van der Waals surface area contributed by atoms with E-state index in [1.165, 1.54) is 25.7 Å². The van der Waals surface area contributed by atoms with E-state index in [2.05, 4.69) is 9.46 Å². The number of hydrogen-bond acceptors (Lipinski definition) is 7. The van der Waals surface area contributed by atoms with Crippen molar-refractivity contribution in [3.05, 3.63) is 52.7 Å². The Bertz CT molecular complexity index is 1300. The van der Waals surface area contributed by atoms with Crippen molar-refractivity contribution in [1.29, 1.82) is 0 Å². The van der Waals surface area contributed by atoms with Crippen LogP contribution in [0, 0.1) is 0 Å². The zero-order chi connectivity index (χ0) is 19.9. The molecule has 0 unspecified atom stereocenters. The third kappa shape index (κ3) is 2.98. The molecule has 0 aliphatic rings. The highest BCUT2D eigenvalue weighted by Crippen LogP contribution is 2.37. The first-order valence-corrected chi connectivity index (χ1v) is 10.5. The molecule has 0 aliphatic carbocycles. The summed E-state index contributed by atoms with van der Waals surface area (Å²) in [5, 5.41) is 3.22. The number of sulfonamides is 1. The summed E-state index contributed by atoms with van der Waals surface area (Å²) in [4.78, 5) is 11.7. The van der Waals surface area contributed by atoms with Crippen molar-refractivity contribution in [2.75, 3.05) is 18.9 Å². The number of fused-ring (bicyclic) bond motifs is 3. The monoisotopic (exact) mass is 417 g/mol. The quantitative estimate of drug-likeness (QED) is 0.488. The minimum Gasteiger partial charge on any atom is -0.495 e. The van der Waals surface area contributed by atoms with E-state index in [0.29, 0.717) is 16.9 Å². The number of rotatable bonds is 5. The predicted octanol–water partition coefficient (Wildman–Crippen LogP) is 4.24. The summed E-state index contributed by atoms with van der Waals surface area (Å²) < 4.78 is 44.1. The molecule has 2 aromatic carbocycles. The van der Waals surface area contributed by atoms with Crippen LogP contribution in [0.15, 0.2) is 57.2 Å². The van der Waals surface area contributed by atoms with Crippen molar-refractivity contribution in [2.24, 2.45) is 0 Å². The van der Waals surface area contributed by atoms with E-state index in [0.717, 1.165) is 22.1 Å². The van der Waals surface area contributed by atoms with Crippen LogP contribution < -0.4 is 9.46 Å².